The molecule has 0 bridgehead atoms. The largest absolute Gasteiger partial charge is 0.380 e. The first-order chi connectivity index (χ1) is 9.84. The predicted molar refractivity (Wildman–Crippen MR) is 77.2 cm³/mol. The van der Waals surface area contributed by atoms with E-state index in [0.29, 0.717) is 0 Å². The number of fused-ring (bicyclic) bond motifs is 1. The molecule has 0 aliphatic carbocycles. The normalized spacial score (nSPS) is 23.6. The number of halogens is 1. The van der Waals surface area contributed by atoms with Gasteiger partial charge in [0, 0.05) is 11.1 Å². The van der Waals surface area contributed by atoms with Crippen molar-refractivity contribution in [2.45, 2.75) is 23.8 Å². The summed E-state index contributed by atoms with van der Waals surface area (Å²) in [6.07, 6.45) is -0.0489. The van der Waals surface area contributed by atoms with E-state index in [-0.39, 0.29) is 28.2 Å². The molecule has 1 N–H and O–H groups in total. The molecule has 3 nitrogen and oxygen atoms in total. The molecule has 1 atom stereocenters. The van der Waals surface area contributed by atoms with Gasteiger partial charge in [-0.05, 0) is 31.5 Å². The van der Waals surface area contributed by atoms with Crippen molar-refractivity contribution in [1.82, 2.24) is 0 Å². The molecule has 0 amide bonds. The fourth-order valence-electron chi connectivity index (χ4n) is 2.84. The van der Waals surface area contributed by atoms with Gasteiger partial charge < -0.3 is 5.11 Å². The second kappa shape index (κ2) is 4.64. The van der Waals surface area contributed by atoms with Crippen LogP contribution in [0.1, 0.15) is 23.1 Å². The Morgan fingerprint density at radius 2 is 1.86 bits per heavy atom. The molecule has 0 spiro atoms. The zero-order valence-electron chi connectivity index (χ0n) is 11.5. The maximum atomic E-state index is 14.2. The quantitative estimate of drug-likeness (QED) is 0.881. The van der Waals surface area contributed by atoms with E-state index in [2.05, 4.69) is 0 Å². The first kappa shape index (κ1) is 14.2. The van der Waals surface area contributed by atoms with Crippen LogP contribution >= 0.6 is 0 Å². The van der Waals surface area contributed by atoms with Gasteiger partial charge in [-0.25, -0.2) is 12.8 Å². The molecule has 21 heavy (non-hydrogen) atoms. The molecule has 0 saturated heterocycles. The maximum Gasteiger partial charge on any atom is 0.178 e. The number of hydrogen-bond acceptors (Lipinski definition) is 3. The highest BCUT2D eigenvalue weighted by Crippen LogP contribution is 2.42. The first-order valence-electron chi connectivity index (χ1n) is 6.66. The molecular formula is C16H15FO3S. The zero-order valence-corrected chi connectivity index (χ0v) is 12.3. The van der Waals surface area contributed by atoms with Gasteiger partial charge in [0.15, 0.2) is 9.84 Å². The molecule has 0 aromatic heterocycles. The van der Waals surface area contributed by atoms with Crippen LogP contribution in [0.3, 0.4) is 0 Å². The molecule has 110 valence electrons. The Morgan fingerprint density at radius 1 is 1.14 bits per heavy atom. The number of sulfone groups is 1. The molecule has 1 heterocycles. The van der Waals surface area contributed by atoms with E-state index in [1.165, 1.54) is 12.1 Å². The highest BCUT2D eigenvalue weighted by molar-refractivity contribution is 7.91. The summed E-state index contributed by atoms with van der Waals surface area (Å²) in [5, 5.41) is 11.0. The second-order valence-electron chi connectivity index (χ2n) is 5.41. The summed E-state index contributed by atoms with van der Waals surface area (Å²) in [7, 11) is -3.43. The van der Waals surface area contributed by atoms with Crippen molar-refractivity contribution in [2.24, 2.45) is 0 Å². The van der Waals surface area contributed by atoms with Gasteiger partial charge in [-0.3, -0.25) is 0 Å². The minimum absolute atomic E-state index is 0.0489. The third kappa shape index (κ3) is 2.17. The molecule has 2 aromatic carbocycles. The second-order valence-corrected chi connectivity index (χ2v) is 7.49. The third-order valence-corrected chi connectivity index (χ3v) is 5.74. The standard InChI is InChI=1S/C16H15FO3S/c1-11-6-7-14(17)13(10-11)16(18)8-9-21(19,20)15-5-3-2-4-12(15)16/h2-7,10,18H,8-9H2,1H3. The molecule has 1 aliphatic rings. The number of hydrogen-bond donors (Lipinski definition) is 1. The maximum absolute atomic E-state index is 14.2. The number of rotatable bonds is 1. The highest BCUT2D eigenvalue weighted by Gasteiger charge is 2.43. The molecule has 5 heteroatoms. The van der Waals surface area contributed by atoms with Crippen LogP contribution in [0.2, 0.25) is 0 Å². The van der Waals surface area contributed by atoms with E-state index < -0.39 is 21.3 Å². The molecule has 3 rings (SSSR count). The van der Waals surface area contributed by atoms with Crippen molar-refractivity contribution >= 4 is 9.84 Å². The molecular weight excluding hydrogens is 291 g/mol. The average Bonchev–Trinajstić information content (AvgIpc) is 2.46. The van der Waals surface area contributed by atoms with Crippen LogP contribution in [-0.2, 0) is 15.4 Å². The molecule has 1 aliphatic heterocycles. The van der Waals surface area contributed by atoms with Gasteiger partial charge in [0.25, 0.3) is 0 Å². The fraction of sp³-hybridized carbons (Fsp3) is 0.250. The minimum atomic E-state index is -3.43. The van der Waals surface area contributed by atoms with Gasteiger partial charge in [0.1, 0.15) is 11.4 Å². The topological polar surface area (TPSA) is 54.4 Å². The van der Waals surface area contributed by atoms with E-state index >= 15 is 0 Å². The summed E-state index contributed by atoms with van der Waals surface area (Å²) in [5.41, 5.74) is -0.422. The predicted octanol–water partition coefficient (Wildman–Crippen LogP) is 2.55. The van der Waals surface area contributed by atoms with Crippen molar-refractivity contribution in [1.29, 1.82) is 0 Å². The Labute approximate surface area is 123 Å². The Bertz CT molecular complexity index is 814. The monoisotopic (exact) mass is 306 g/mol. The molecule has 1 unspecified atom stereocenters. The number of benzene rings is 2. The van der Waals surface area contributed by atoms with Crippen LogP contribution in [0, 0.1) is 12.7 Å². The molecule has 2 aromatic rings. The van der Waals surface area contributed by atoms with Gasteiger partial charge in [-0.15, -0.1) is 0 Å². The lowest BCUT2D eigenvalue weighted by Gasteiger charge is -2.35. The summed E-state index contributed by atoms with van der Waals surface area (Å²) in [4.78, 5) is 0.0830. The summed E-state index contributed by atoms with van der Waals surface area (Å²) < 4.78 is 38.5. The SMILES string of the molecule is Cc1ccc(F)c(C2(O)CCS(=O)(=O)c3ccccc32)c1. The number of aryl methyl sites for hydroxylation is 1. The van der Waals surface area contributed by atoms with E-state index in [1.54, 1.807) is 37.3 Å². The van der Waals surface area contributed by atoms with Gasteiger partial charge >= 0.3 is 0 Å². The van der Waals surface area contributed by atoms with E-state index in [9.17, 15) is 17.9 Å². The van der Waals surface area contributed by atoms with E-state index in [1.807, 2.05) is 0 Å². The fourth-order valence-corrected chi connectivity index (χ4v) is 4.48. The summed E-state index contributed by atoms with van der Waals surface area (Å²) >= 11 is 0. The summed E-state index contributed by atoms with van der Waals surface area (Å²) in [5.74, 6) is -0.731. The van der Waals surface area contributed by atoms with Crippen LogP contribution in [0.15, 0.2) is 47.4 Å². The van der Waals surface area contributed by atoms with Crippen molar-refractivity contribution in [2.75, 3.05) is 5.75 Å². The average molecular weight is 306 g/mol. The van der Waals surface area contributed by atoms with Crippen LogP contribution in [0.25, 0.3) is 0 Å². The smallest absolute Gasteiger partial charge is 0.178 e. The molecule has 0 fully saturated rings. The summed E-state index contributed by atoms with van der Waals surface area (Å²) in [6.45, 7) is 1.80. The van der Waals surface area contributed by atoms with Crippen LogP contribution in [0.4, 0.5) is 4.39 Å². The number of aliphatic hydroxyl groups is 1. The van der Waals surface area contributed by atoms with Gasteiger partial charge in [-0.1, -0.05) is 29.8 Å². The van der Waals surface area contributed by atoms with Crippen molar-refractivity contribution < 1.29 is 17.9 Å². The Kier molecular flexibility index (Phi) is 3.15. The van der Waals surface area contributed by atoms with Gasteiger partial charge in [-0.2, -0.15) is 0 Å². The van der Waals surface area contributed by atoms with Crippen molar-refractivity contribution in [3.63, 3.8) is 0 Å². The molecule has 0 radical (unpaired) electrons. The lowest BCUT2D eigenvalue weighted by atomic mass is 9.83. The Balaban J connectivity index is 2.30. The lowest BCUT2D eigenvalue weighted by Crippen LogP contribution is -2.37. The van der Waals surface area contributed by atoms with Crippen molar-refractivity contribution in [3.05, 3.63) is 65.0 Å². The van der Waals surface area contributed by atoms with E-state index in [4.69, 9.17) is 0 Å². The van der Waals surface area contributed by atoms with Crippen LogP contribution in [0.5, 0.6) is 0 Å². The first-order valence-corrected chi connectivity index (χ1v) is 8.31. The van der Waals surface area contributed by atoms with Gasteiger partial charge in [0.2, 0.25) is 0 Å². The van der Waals surface area contributed by atoms with Gasteiger partial charge in [0.05, 0.1) is 10.6 Å². The third-order valence-electron chi connectivity index (χ3n) is 3.97. The van der Waals surface area contributed by atoms with E-state index in [0.717, 1.165) is 5.56 Å². The Hall–Kier alpha value is -1.72. The molecule has 0 saturated carbocycles. The summed E-state index contributed by atoms with van der Waals surface area (Å²) in [6, 6.07) is 10.8. The van der Waals surface area contributed by atoms with Crippen LogP contribution in [-0.4, -0.2) is 19.3 Å². The highest BCUT2D eigenvalue weighted by atomic mass is 32.2. The zero-order chi connectivity index (χ0) is 15.3. The van der Waals surface area contributed by atoms with Crippen molar-refractivity contribution in [3.8, 4) is 0 Å². The minimum Gasteiger partial charge on any atom is -0.380 e. The van der Waals surface area contributed by atoms with Crippen LogP contribution < -0.4 is 0 Å². The Morgan fingerprint density at radius 3 is 2.62 bits per heavy atom. The lowest BCUT2D eigenvalue weighted by molar-refractivity contribution is 0.0678.